The number of rotatable bonds is 6. The molecule has 0 aliphatic heterocycles. The maximum Gasteiger partial charge on any atom is 0.332 e. The van der Waals surface area contributed by atoms with Crippen molar-refractivity contribution in [1.82, 2.24) is 19.1 Å². The minimum Gasteiger partial charge on any atom is -0.300 e. The molecule has 0 saturated carbocycles. The molecule has 0 saturated heterocycles. The topological polar surface area (TPSA) is 98.9 Å². The third-order valence-corrected chi connectivity index (χ3v) is 6.48. The van der Waals surface area contributed by atoms with Gasteiger partial charge in [-0.3, -0.25) is 18.7 Å². The second kappa shape index (κ2) is 9.03. The van der Waals surface area contributed by atoms with E-state index in [1.54, 1.807) is 12.1 Å². The van der Waals surface area contributed by atoms with E-state index in [4.69, 9.17) is 0 Å². The van der Waals surface area contributed by atoms with Crippen molar-refractivity contribution in [2.45, 2.75) is 26.4 Å². The summed E-state index contributed by atoms with van der Waals surface area (Å²) in [6, 6.07) is 18.8. The second-order valence-electron chi connectivity index (χ2n) is 7.97. The largest absolute Gasteiger partial charge is 0.332 e. The van der Waals surface area contributed by atoms with E-state index in [0.717, 1.165) is 25.9 Å². The van der Waals surface area contributed by atoms with Gasteiger partial charge >= 0.3 is 5.69 Å². The van der Waals surface area contributed by atoms with Gasteiger partial charge in [0.2, 0.25) is 5.91 Å². The van der Waals surface area contributed by atoms with Crippen LogP contribution in [0.15, 0.2) is 76.4 Å². The highest BCUT2D eigenvalue weighted by molar-refractivity contribution is 7.22. The molecular weight excluding hydrogens is 450 g/mol. The molecule has 1 amide bonds. The van der Waals surface area contributed by atoms with E-state index in [2.05, 4.69) is 15.3 Å². The normalized spacial score (nSPS) is 11.2. The first-order valence-corrected chi connectivity index (χ1v) is 11.6. The van der Waals surface area contributed by atoms with Crippen LogP contribution < -0.4 is 16.6 Å². The highest BCUT2D eigenvalue weighted by Crippen LogP contribution is 2.26. The van der Waals surface area contributed by atoms with Gasteiger partial charge in [0.25, 0.3) is 5.56 Å². The van der Waals surface area contributed by atoms with Crippen LogP contribution in [0.5, 0.6) is 0 Å². The maximum absolute atomic E-state index is 13.3. The molecule has 3 heterocycles. The van der Waals surface area contributed by atoms with Crippen molar-refractivity contribution in [3.63, 3.8) is 0 Å². The standard InChI is InChI=1S/C25H21N5O3S/c1-16-9-10-18-20(14-16)34-24(27-18)28-21(31)15-30-19-8-5-12-26-22(19)23(32)29(25(30)33)13-11-17-6-3-2-4-7-17/h2-10,12,14H,11,13,15H2,1H3,(H,27,28,31). The Kier molecular flexibility index (Phi) is 5.77. The molecule has 34 heavy (non-hydrogen) atoms. The van der Waals surface area contributed by atoms with Gasteiger partial charge in [-0.2, -0.15) is 0 Å². The Hall–Kier alpha value is -4.11. The minimum atomic E-state index is -0.545. The molecule has 170 valence electrons. The number of nitrogens with zero attached hydrogens (tertiary/aromatic N) is 4. The number of pyridine rings is 1. The van der Waals surface area contributed by atoms with Crippen molar-refractivity contribution in [2.24, 2.45) is 0 Å². The fraction of sp³-hybridized carbons (Fsp3) is 0.160. The lowest BCUT2D eigenvalue weighted by molar-refractivity contribution is -0.116. The Labute approximate surface area is 198 Å². The van der Waals surface area contributed by atoms with Gasteiger partial charge in [0.05, 0.1) is 15.7 Å². The molecule has 0 radical (unpaired) electrons. The van der Waals surface area contributed by atoms with E-state index in [0.29, 0.717) is 17.1 Å². The molecule has 5 aromatic rings. The number of thiazole rings is 1. The number of anilines is 1. The number of hydrogen-bond acceptors (Lipinski definition) is 6. The molecule has 0 aliphatic carbocycles. The lowest BCUT2D eigenvalue weighted by Gasteiger charge is -2.13. The molecule has 0 aliphatic rings. The number of hydrogen-bond donors (Lipinski definition) is 1. The number of amides is 1. The smallest absolute Gasteiger partial charge is 0.300 e. The Bertz CT molecular complexity index is 1640. The van der Waals surface area contributed by atoms with E-state index < -0.39 is 17.2 Å². The number of aromatic nitrogens is 4. The summed E-state index contributed by atoms with van der Waals surface area (Å²) in [6.07, 6.45) is 2.01. The van der Waals surface area contributed by atoms with Gasteiger partial charge in [0, 0.05) is 12.7 Å². The molecule has 3 aromatic heterocycles. The van der Waals surface area contributed by atoms with E-state index in [9.17, 15) is 14.4 Å². The van der Waals surface area contributed by atoms with Crippen molar-refractivity contribution in [1.29, 1.82) is 0 Å². The highest BCUT2D eigenvalue weighted by Gasteiger charge is 2.17. The van der Waals surface area contributed by atoms with Gasteiger partial charge < -0.3 is 5.32 Å². The summed E-state index contributed by atoms with van der Waals surface area (Å²) in [5.41, 5.74) is 2.38. The summed E-state index contributed by atoms with van der Waals surface area (Å²) in [7, 11) is 0. The van der Waals surface area contributed by atoms with E-state index in [1.807, 2.05) is 55.5 Å². The predicted octanol–water partition coefficient (Wildman–Crippen LogP) is 3.36. The first-order chi connectivity index (χ1) is 16.5. The molecule has 2 aromatic carbocycles. The van der Waals surface area contributed by atoms with E-state index in [-0.39, 0.29) is 18.6 Å². The predicted molar refractivity (Wildman–Crippen MR) is 133 cm³/mol. The zero-order chi connectivity index (χ0) is 23.7. The number of nitrogens with one attached hydrogen (secondary N) is 1. The lowest BCUT2D eigenvalue weighted by Crippen LogP contribution is -2.42. The van der Waals surface area contributed by atoms with Crippen LogP contribution in [0.25, 0.3) is 21.3 Å². The van der Waals surface area contributed by atoms with Crippen LogP contribution >= 0.6 is 11.3 Å². The molecule has 0 unspecified atom stereocenters. The minimum absolute atomic E-state index is 0.151. The molecule has 0 bridgehead atoms. The molecule has 0 atom stereocenters. The molecular formula is C25H21N5O3S. The van der Waals surface area contributed by atoms with Gasteiger partial charge in [-0.15, -0.1) is 0 Å². The van der Waals surface area contributed by atoms with Gasteiger partial charge in [0.1, 0.15) is 6.54 Å². The molecule has 5 rings (SSSR count). The fourth-order valence-electron chi connectivity index (χ4n) is 3.87. The van der Waals surface area contributed by atoms with Crippen LogP contribution in [-0.2, 0) is 24.3 Å². The van der Waals surface area contributed by atoms with Crippen LogP contribution in [-0.4, -0.2) is 25.0 Å². The summed E-state index contributed by atoms with van der Waals surface area (Å²) in [4.78, 5) is 47.8. The summed E-state index contributed by atoms with van der Waals surface area (Å²) in [5.74, 6) is -0.406. The summed E-state index contributed by atoms with van der Waals surface area (Å²) < 4.78 is 3.41. The molecule has 1 N–H and O–H groups in total. The maximum atomic E-state index is 13.3. The van der Waals surface area contributed by atoms with Crippen molar-refractivity contribution in [3.8, 4) is 0 Å². The lowest BCUT2D eigenvalue weighted by atomic mass is 10.1. The summed E-state index contributed by atoms with van der Waals surface area (Å²) in [5, 5.41) is 3.24. The monoisotopic (exact) mass is 471 g/mol. The number of aryl methyl sites for hydroxylation is 2. The average molecular weight is 472 g/mol. The Morgan fingerprint density at radius 1 is 1.03 bits per heavy atom. The third kappa shape index (κ3) is 4.25. The van der Waals surface area contributed by atoms with Crippen LogP contribution in [0.4, 0.5) is 5.13 Å². The molecule has 0 spiro atoms. The van der Waals surface area contributed by atoms with Crippen molar-refractivity contribution in [3.05, 3.63) is 98.8 Å². The highest BCUT2D eigenvalue weighted by atomic mass is 32.1. The molecule has 9 heteroatoms. The van der Waals surface area contributed by atoms with E-state index >= 15 is 0 Å². The van der Waals surface area contributed by atoms with Crippen LogP contribution in [0.2, 0.25) is 0 Å². The summed E-state index contributed by atoms with van der Waals surface area (Å²) >= 11 is 1.37. The van der Waals surface area contributed by atoms with Crippen LogP contribution in [0.1, 0.15) is 11.1 Å². The average Bonchev–Trinajstić information content (AvgIpc) is 3.23. The molecule has 8 nitrogen and oxygen atoms in total. The second-order valence-corrected chi connectivity index (χ2v) is 9.00. The Morgan fingerprint density at radius 2 is 1.85 bits per heavy atom. The van der Waals surface area contributed by atoms with Crippen molar-refractivity contribution < 1.29 is 4.79 Å². The van der Waals surface area contributed by atoms with Gasteiger partial charge in [0.15, 0.2) is 10.6 Å². The Morgan fingerprint density at radius 3 is 2.68 bits per heavy atom. The third-order valence-electron chi connectivity index (χ3n) is 5.55. The first kappa shape index (κ1) is 21.7. The van der Waals surface area contributed by atoms with Gasteiger partial charge in [-0.25, -0.2) is 14.8 Å². The summed E-state index contributed by atoms with van der Waals surface area (Å²) in [6.45, 7) is 1.92. The zero-order valence-electron chi connectivity index (χ0n) is 18.4. The van der Waals surface area contributed by atoms with Crippen LogP contribution in [0.3, 0.4) is 0 Å². The zero-order valence-corrected chi connectivity index (χ0v) is 19.2. The quantitative estimate of drug-likeness (QED) is 0.409. The molecule has 0 fully saturated rings. The van der Waals surface area contributed by atoms with Gasteiger partial charge in [-0.05, 0) is 48.7 Å². The SMILES string of the molecule is Cc1ccc2nc(NC(=O)Cn3c(=O)n(CCc4ccccc4)c(=O)c4ncccc43)sc2c1. The van der Waals surface area contributed by atoms with Gasteiger partial charge in [-0.1, -0.05) is 47.7 Å². The van der Waals surface area contributed by atoms with Crippen molar-refractivity contribution >= 4 is 43.6 Å². The number of fused-ring (bicyclic) bond motifs is 2. The number of carbonyl (C=O) groups excluding carboxylic acids is 1. The number of carbonyl (C=O) groups is 1. The van der Waals surface area contributed by atoms with Crippen molar-refractivity contribution in [2.75, 3.05) is 5.32 Å². The Balaban J connectivity index is 1.47. The number of benzene rings is 2. The first-order valence-electron chi connectivity index (χ1n) is 10.8. The van der Waals surface area contributed by atoms with E-state index in [1.165, 1.54) is 22.1 Å². The fourth-order valence-corrected chi connectivity index (χ4v) is 4.85. The van der Waals surface area contributed by atoms with Crippen LogP contribution in [0, 0.1) is 6.92 Å².